The average molecular weight is 323 g/mol. The van der Waals surface area contributed by atoms with Crippen molar-refractivity contribution in [3.63, 3.8) is 0 Å². The van der Waals surface area contributed by atoms with Crippen molar-refractivity contribution in [1.29, 1.82) is 0 Å². The third-order valence-electron chi connectivity index (χ3n) is 2.37. The molecule has 100 valence electrons. The highest BCUT2D eigenvalue weighted by Crippen LogP contribution is 2.26. The number of aromatic nitrogens is 2. The van der Waals surface area contributed by atoms with Crippen LogP contribution in [0.25, 0.3) is 0 Å². The van der Waals surface area contributed by atoms with Gasteiger partial charge in [-0.3, -0.25) is 4.98 Å². The van der Waals surface area contributed by atoms with Gasteiger partial charge in [0.25, 0.3) is 0 Å². The van der Waals surface area contributed by atoms with E-state index in [1.54, 1.807) is 19.5 Å². The Morgan fingerprint density at radius 1 is 1.21 bits per heavy atom. The summed E-state index contributed by atoms with van der Waals surface area (Å²) in [5.74, 6) is 2.20. The Bertz CT molecular complexity index is 562. The molecule has 0 unspecified atom stereocenters. The van der Waals surface area contributed by atoms with Crippen molar-refractivity contribution >= 4 is 33.3 Å². The minimum Gasteiger partial charge on any atom is -0.497 e. The monoisotopic (exact) mass is 322 g/mol. The molecule has 1 heterocycles. The maximum absolute atomic E-state index is 5.22. The van der Waals surface area contributed by atoms with Crippen LogP contribution in [0.15, 0.2) is 35.1 Å². The van der Waals surface area contributed by atoms with Gasteiger partial charge >= 0.3 is 0 Å². The highest BCUT2D eigenvalue weighted by atomic mass is 79.9. The maximum atomic E-state index is 5.22. The van der Waals surface area contributed by atoms with Gasteiger partial charge in [0.05, 0.1) is 19.5 Å². The number of benzene rings is 1. The van der Waals surface area contributed by atoms with Crippen molar-refractivity contribution in [2.24, 2.45) is 0 Å². The first-order valence-corrected chi connectivity index (χ1v) is 6.68. The molecule has 0 aliphatic heterocycles. The first kappa shape index (κ1) is 13.6. The van der Waals surface area contributed by atoms with Gasteiger partial charge in [-0.15, -0.1) is 0 Å². The van der Waals surface area contributed by atoms with Gasteiger partial charge < -0.3 is 15.4 Å². The summed E-state index contributed by atoms with van der Waals surface area (Å²) in [5, 5.41) is 6.31. The molecule has 2 N–H and O–H groups in total. The van der Waals surface area contributed by atoms with E-state index in [-0.39, 0.29) is 0 Å². The first-order valence-electron chi connectivity index (χ1n) is 5.89. The van der Waals surface area contributed by atoms with Crippen molar-refractivity contribution in [1.82, 2.24) is 9.97 Å². The Balaban J connectivity index is 2.20. The van der Waals surface area contributed by atoms with Gasteiger partial charge in [0.2, 0.25) is 0 Å². The Labute approximate surface area is 120 Å². The quantitative estimate of drug-likeness (QED) is 0.883. The normalized spacial score (nSPS) is 10.1. The van der Waals surface area contributed by atoms with E-state index in [0.29, 0.717) is 5.82 Å². The lowest BCUT2D eigenvalue weighted by Crippen LogP contribution is -2.02. The van der Waals surface area contributed by atoms with Crippen LogP contribution in [0.2, 0.25) is 0 Å². The molecule has 5 nitrogen and oxygen atoms in total. The fourth-order valence-corrected chi connectivity index (χ4v) is 2.07. The number of ether oxygens (including phenoxy) is 1. The van der Waals surface area contributed by atoms with E-state index >= 15 is 0 Å². The largest absolute Gasteiger partial charge is 0.497 e. The van der Waals surface area contributed by atoms with E-state index < -0.39 is 0 Å². The second kappa shape index (κ2) is 6.38. The summed E-state index contributed by atoms with van der Waals surface area (Å²) < 4.78 is 6.15. The molecule has 0 radical (unpaired) electrons. The molecule has 0 bridgehead atoms. The van der Waals surface area contributed by atoms with E-state index in [2.05, 4.69) is 36.5 Å². The van der Waals surface area contributed by atoms with Crippen LogP contribution in [0.5, 0.6) is 5.75 Å². The molecule has 2 aromatic rings. The molecule has 0 fully saturated rings. The van der Waals surface area contributed by atoms with Gasteiger partial charge in [-0.2, -0.15) is 0 Å². The zero-order chi connectivity index (χ0) is 13.7. The molecule has 19 heavy (non-hydrogen) atoms. The van der Waals surface area contributed by atoms with Crippen LogP contribution in [0.1, 0.15) is 6.92 Å². The number of nitrogens with one attached hydrogen (secondary N) is 2. The molecular formula is C13H15BrN4O. The molecular weight excluding hydrogens is 308 g/mol. The van der Waals surface area contributed by atoms with Gasteiger partial charge in [-0.1, -0.05) is 15.9 Å². The fourth-order valence-electron chi connectivity index (χ4n) is 1.59. The van der Waals surface area contributed by atoms with E-state index in [4.69, 9.17) is 4.74 Å². The predicted molar refractivity (Wildman–Crippen MR) is 80.2 cm³/mol. The molecule has 2 rings (SSSR count). The first-order chi connectivity index (χ1) is 9.21. The second-order valence-corrected chi connectivity index (χ2v) is 4.74. The summed E-state index contributed by atoms with van der Waals surface area (Å²) in [5.41, 5.74) is 0.883. The highest BCUT2D eigenvalue weighted by Gasteiger charge is 2.02. The fraction of sp³-hybridized carbons (Fsp3) is 0.231. The van der Waals surface area contributed by atoms with Gasteiger partial charge in [0, 0.05) is 22.8 Å². The summed E-state index contributed by atoms with van der Waals surface area (Å²) in [4.78, 5) is 8.54. The molecule has 1 aromatic carbocycles. The van der Waals surface area contributed by atoms with Crippen molar-refractivity contribution < 1.29 is 4.74 Å². The lowest BCUT2D eigenvalue weighted by Gasteiger charge is -2.09. The van der Waals surface area contributed by atoms with E-state index in [1.165, 1.54) is 0 Å². The van der Waals surface area contributed by atoms with Crippen LogP contribution >= 0.6 is 15.9 Å². The zero-order valence-electron chi connectivity index (χ0n) is 10.8. The number of methoxy groups -OCH3 is 1. The highest BCUT2D eigenvalue weighted by molar-refractivity contribution is 9.10. The molecule has 0 aliphatic rings. The maximum Gasteiger partial charge on any atom is 0.151 e. The molecule has 0 saturated carbocycles. The SMILES string of the molecule is CCNc1cncc(Nc2cc(Br)cc(OC)c2)n1. The number of hydrogen-bond donors (Lipinski definition) is 2. The lowest BCUT2D eigenvalue weighted by atomic mass is 10.3. The van der Waals surface area contributed by atoms with Gasteiger partial charge in [-0.05, 0) is 19.1 Å². The van der Waals surface area contributed by atoms with Crippen molar-refractivity contribution in [3.8, 4) is 5.75 Å². The van der Waals surface area contributed by atoms with E-state index in [0.717, 1.165) is 28.3 Å². The van der Waals surface area contributed by atoms with Gasteiger partial charge in [-0.25, -0.2) is 4.98 Å². The van der Waals surface area contributed by atoms with Crippen LogP contribution in [0.4, 0.5) is 17.3 Å². The number of halogens is 1. The minimum absolute atomic E-state index is 0.679. The van der Waals surface area contributed by atoms with E-state index in [9.17, 15) is 0 Å². The zero-order valence-corrected chi connectivity index (χ0v) is 12.4. The van der Waals surface area contributed by atoms with Gasteiger partial charge in [0.15, 0.2) is 5.82 Å². The van der Waals surface area contributed by atoms with E-state index in [1.807, 2.05) is 25.1 Å². The Kier molecular flexibility index (Phi) is 4.57. The Morgan fingerprint density at radius 3 is 2.74 bits per heavy atom. The van der Waals surface area contributed by atoms with Crippen molar-refractivity contribution in [2.45, 2.75) is 6.92 Å². The molecule has 0 atom stereocenters. The van der Waals surface area contributed by atoms with Crippen molar-refractivity contribution in [2.75, 3.05) is 24.3 Å². The number of nitrogens with zero attached hydrogens (tertiary/aromatic N) is 2. The van der Waals surface area contributed by atoms with Crippen LogP contribution in [0.3, 0.4) is 0 Å². The predicted octanol–water partition coefficient (Wildman–Crippen LogP) is 3.42. The van der Waals surface area contributed by atoms with Crippen LogP contribution in [-0.2, 0) is 0 Å². The number of anilines is 3. The number of rotatable bonds is 5. The third-order valence-corrected chi connectivity index (χ3v) is 2.83. The molecule has 1 aromatic heterocycles. The molecule has 6 heteroatoms. The summed E-state index contributed by atoms with van der Waals surface area (Å²) in [6.07, 6.45) is 3.37. The number of hydrogen-bond acceptors (Lipinski definition) is 5. The lowest BCUT2D eigenvalue weighted by molar-refractivity contribution is 0.415. The molecule has 0 spiro atoms. The minimum atomic E-state index is 0.679. The van der Waals surface area contributed by atoms with Crippen LogP contribution < -0.4 is 15.4 Å². The Morgan fingerprint density at radius 2 is 2.00 bits per heavy atom. The molecule has 0 amide bonds. The average Bonchev–Trinajstić information content (AvgIpc) is 2.39. The van der Waals surface area contributed by atoms with Crippen molar-refractivity contribution in [3.05, 3.63) is 35.1 Å². The topological polar surface area (TPSA) is 59.1 Å². The molecule has 0 saturated heterocycles. The van der Waals surface area contributed by atoms with Crippen LogP contribution in [0, 0.1) is 0 Å². The van der Waals surface area contributed by atoms with Crippen LogP contribution in [-0.4, -0.2) is 23.6 Å². The Hall–Kier alpha value is -1.82. The summed E-state index contributed by atoms with van der Waals surface area (Å²) in [6.45, 7) is 2.82. The standard InChI is InChI=1S/C13H15BrN4O/c1-3-16-12-7-15-8-13(18-12)17-10-4-9(14)5-11(6-10)19-2/h4-8H,3H2,1-2H3,(H2,16,17,18). The second-order valence-electron chi connectivity index (χ2n) is 3.82. The summed E-state index contributed by atoms with van der Waals surface area (Å²) in [7, 11) is 1.64. The summed E-state index contributed by atoms with van der Waals surface area (Å²) in [6, 6.07) is 5.74. The smallest absolute Gasteiger partial charge is 0.151 e. The summed E-state index contributed by atoms with van der Waals surface area (Å²) >= 11 is 3.44. The van der Waals surface area contributed by atoms with Gasteiger partial charge in [0.1, 0.15) is 11.6 Å². The third kappa shape index (κ3) is 3.82. The molecule has 0 aliphatic carbocycles.